The van der Waals surface area contributed by atoms with E-state index in [1.807, 2.05) is 0 Å². The SMILES string of the molecule is COC(=O)CC(OC(=O)C(N)C(C)C)C([C]=O)OC(=O)C(N)C(C)C. The highest BCUT2D eigenvalue weighted by molar-refractivity contribution is 5.80. The molecule has 0 bridgehead atoms. The second kappa shape index (κ2) is 10.8. The van der Waals surface area contributed by atoms with Gasteiger partial charge in [-0.2, -0.15) is 0 Å². The topological polar surface area (TPSA) is 148 Å². The summed E-state index contributed by atoms with van der Waals surface area (Å²) >= 11 is 0. The van der Waals surface area contributed by atoms with Crippen molar-refractivity contribution in [2.45, 2.75) is 58.4 Å². The molecule has 0 aliphatic carbocycles. The van der Waals surface area contributed by atoms with Crippen LogP contribution in [0.4, 0.5) is 0 Å². The van der Waals surface area contributed by atoms with Crippen LogP contribution >= 0.6 is 0 Å². The third kappa shape index (κ3) is 7.61. The van der Waals surface area contributed by atoms with Gasteiger partial charge in [0.15, 0.2) is 6.10 Å². The molecule has 0 aliphatic rings. The van der Waals surface area contributed by atoms with Gasteiger partial charge in [0.1, 0.15) is 12.1 Å². The number of carbonyl (C=O) groups is 3. The lowest BCUT2D eigenvalue weighted by Crippen LogP contribution is -2.46. The van der Waals surface area contributed by atoms with E-state index < -0.39 is 48.6 Å². The molecule has 0 aliphatic heterocycles. The Bertz CT molecular complexity index is 479. The molecule has 0 aromatic heterocycles. The maximum Gasteiger partial charge on any atom is 0.324 e. The van der Waals surface area contributed by atoms with Crippen LogP contribution < -0.4 is 11.5 Å². The maximum atomic E-state index is 12.0. The van der Waals surface area contributed by atoms with Crippen LogP contribution in [-0.4, -0.2) is 55.6 Å². The van der Waals surface area contributed by atoms with Gasteiger partial charge in [0, 0.05) is 0 Å². The largest absolute Gasteiger partial charge is 0.469 e. The van der Waals surface area contributed by atoms with E-state index in [0.29, 0.717) is 0 Å². The van der Waals surface area contributed by atoms with Crippen molar-refractivity contribution in [3.8, 4) is 0 Å². The number of hydrogen-bond donors (Lipinski definition) is 2. The van der Waals surface area contributed by atoms with Gasteiger partial charge in [-0.3, -0.25) is 19.2 Å². The van der Waals surface area contributed by atoms with Gasteiger partial charge in [0.2, 0.25) is 12.4 Å². The van der Waals surface area contributed by atoms with E-state index >= 15 is 0 Å². The predicted octanol–water partition coefficient (Wildman–Crippen LogP) is -0.551. The summed E-state index contributed by atoms with van der Waals surface area (Å²) in [5.41, 5.74) is 11.3. The summed E-state index contributed by atoms with van der Waals surface area (Å²) in [6, 6.07) is -1.95. The second-order valence-electron chi connectivity index (χ2n) is 6.27. The molecule has 9 heteroatoms. The molecule has 0 saturated heterocycles. The molecular formula is C16H27N2O7. The van der Waals surface area contributed by atoms with E-state index in [0.717, 1.165) is 7.11 Å². The van der Waals surface area contributed by atoms with Crippen LogP contribution in [0.3, 0.4) is 0 Å². The van der Waals surface area contributed by atoms with Gasteiger partial charge in [0.05, 0.1) is 13.5 Å². The first-order valence-electron chi connectivity index (χ1n) is 7.91. The minimum atomic E-state index is -1.63. The molecule has 0 fully saturated rings. The first-order chi connectivity index (χ1) is 11.5. The molecule has 4 unspecified atom stereocenters. The van der Waals surface area contributed by atoms with Gasteiger partial charge in [0.25, 0.3) is 0 Å². The number of carbonyl (C=O) groups excluding carboxylic acids is 4. The van der Waals surface area contributed by atoms with Crippen molar-refractivity contribution in [3.63, 3.8) is 0 Å². The van der Waals surface area contributed by atoms with Gasteiger partial charge in [-0.1, -0.05) is 27.7 Å². The van der Waals surface area contributed by atoms with E-state index in [4.69, 9.17) is 20.9 Å². The Labute approximate surface area is 147 Å². The van der Waals surface area contributed by atoms with Gasteiger partial charge in [-0.25, -0.2) is 0 Å². The Morgan fingerprint density at radius 1 is 0.920 bits per heavy atom. The summed E-state index contributed by atoms with van der Waals surface area (Å²) in [5.74, 6) is -2.95. The molecule has 143 valence electrons. The number of hydrogen-bond acceptors (Lipinski definition) is 9. The van der Waals surface area contributed by atoms with E-state index in [1.165, 1.54) is 6.29 Å². The molecule has 0 saturated carbocycles. The molecule has 9 nitrogen and oxygen atoms in total. The van der Waals surface area contributed by atoms with Crippen molar-refractivity contribution >= 4 is 24.2 Å². The zero-order valence-electron chi connectivity index (χ0n) is 15.2. The fourth-order valence-electron chi connectivity index (χ4n) is 1.61. The Kier molecular flexibility index (Phi) is 9.92. The van der Waals surface area contributed by atoms with Gasteiger partial charge >= 0.3 is 17.9 Å². The van der Waals surface area contributed by atoms with Gasteiger partial charge < -0.3 is 25.7 Å². The quantitative estimate of drug-likeness (QED) is 0.387. The third-order valence-electron chi connectivity index (χ3n) is 3.54. The molecule has 0 aromatic rings. The Balaban J connectivity index is 5.26. The number of ether oxygens (including phenoxy) is 3. The molecule has 4 atom stereocenters. The van der Waals surface area contributed by atoms with Crippen LogP contribution in [0, 0.1) is 11.8 Å². The summed E-state index contributed by atoms with van der Waals surface area (Å²) in [6.45, 7) is 6.79. The van der Waals surface area contributed by atoms with E-state index in [1.54, 1.807) is 27.7 Å². The number of nitrogens with two attached hydrogens (primary N) is 2. The van der Waals surface area contributed by atoms with E-state index in [2.05, 4.69) is 4.74 Å². The second-order valence-corrected chi connectivity index (χ2v) is 6.27. The summed E-state index contributed by atoms with van der Waals surface area (Å²) in [6.07, 6.45) is -2.08. The average molecular weight is 359 g/mol. The minimum Gasteiger partial charge on any atom is -0.469 e. The Hall–Kier alpha value is -2.00. The molecule has 1 radical (unpaired) electrons. The molecule has 0 aromatic carbocycles. The molecular weight excluding hydrogens is 332 g/mol. The van der Waals surface area contributed by atoms with E-state index in [9.17, 15) is 19.2 Å². The fourth-order valence-corrected chi connectivity index (χ4v) is 1.61. The van der Waals surface area contributed by atoms with Crippen molar-refractivity contribution in [2.75, 3.05) is 7.11 Å². The standard InChI is InChI=1S/C16H27N2O7/c1-8(2)13(17)15(21)24-10(6-12(20)23-5)11(7-19)25-16(22)14(18)9(3)4/h8-11,13-14H,6,17-18H2,1-5H3. The number of esters is 3. The third-order valence-corrected chi connectivity index (χ3v) is 3.54. The van der Waals surface area contributed by atoms with Crippen LogP contribution in [-0.2, 0) is 33.4 Å². The first kappa shape index (κ1) is 23.0. The van der Waals surface area contributed by atoms with Crippen LogP contribution in [0.2, 0.25) is 0 Å². The van der Waals surface area contributed by atoms with Crippen molar-refractivity contribution in [3.05, 3.63) is 0 Å². The summed E-state index contributed by atoms with van der Waals surface area (Å²) in [5, 5.41) is 0. The first-order valence-corrected chi connectivity index (χ1v) is 7.91. The zero-order chi connectivity index (χ0) is 19.7. The van der Waals surface area contributed by atoms with Gasteiger partial charge in [-0.05, 0) is 11.8 Å². The smallest absolute Gasteiger partial charge is 0.324 e. The van der Waals surface area contributed by atoms with E-state index in [-0.39, 0.29) is 11.8 Å². The maximum absolute atomic E-state index is 12.0. The average Bonchev–Trinajstić information content (AvgIpc) is 2.56. The van der Waals surface area contributed by atoms with Crippen LogP contribution in [0.15, 0.2) is 0 Å². The zero-order valence-corrected chi connectivity index (χ0v) is 15.2. The highest BCUT2D eigenvalue weighted by Gasteiger charge is 2.35. The Morgan fingerprint density at radius 3 is 1.72 bits per heavy atom. The van der Waals surface area contributed by atoms with Crippen molar-refractivity contribution in [2.24, 2.45) is 23.3 Å². The summed E-state index contributed by atoms with van der Waals surface area (Å²) < 4.78 is 14.6. The normalized spacial score (nSPS) is 15.9. The summed E-state index contributed by atoms with van der Waals surface area (Å²) in [4.78, 5) is 46.7. The summed E-state index contributed by atoms with van der Waals surface area (Å²) in [7, 11) is 1.13. The number of rotatable bonds is 10. The lowest BCUT2D eigenvalue weighted by molar-refractivity contribution is -0.169. The van der Waals surface area contributed by atoms with Crippen molar-refractivity contribution in [1.82, 2.24) is 0 Å². The lowest BCUT2D eigenvalue weighted by atomic mass is 10.0. The van der Waals surface area contributed by atoms with Crippen LogP contribution in [0.1, 0.15) is 34.1 Å². The molecule has 0 heterocycles. The fraction of sp³-hybridized carbons (Fsp3) is 0.750. The molecule has 0 spiro atoms. The molecule has 25 heavy (non-hydrogen) atoms. The van der Waals surface area contributed by atoms with Crippen LogP contribution in [0.25, 0.3) is 0 Å². The lowest BCUT2D eigenvalue weighted by Gasteiger charge is -2.25. The molecule has 0 rings (SSSR count). The van der Waals surface area contributed by atoms with Crippen molar-refractivity contribution in [1.29, 1.82) is 0 Å². The van der Waals surface area contributed by atoms with Crippen LogP contribution in [0.5, 0.6) is 0 Å². The molecule has 0 amide bonds. The predicted molar refractivity (Wildman–Crippen MR) is 87.7 cm³/mol. The molecule has 4 N–H and O–H groups in total. The highest BCUT2D eigenvalue weighted by atomic mass is 16.6. The number of methoxy groups -OCH3 is 1. The van der Waals surface area contributed by atoms with Gasteiger partial charge in [-0.15, -0.1) is 0 Å². The monoisotopic (exact) mass is 359 g/mol. The Morgan fingerprint density at radius 2 is 1.36 bits per heavy atom. The van der Waals surface area contributed by atoms with Crippen molar-refractivity contribution < 1.29 is 33.4 Å². The highest BCUT2D eigenvalue weighted by Crippen LogP contribution is 2.13. The minimum absolute atomic E-state index is 0.234.